The Bertz CT molecular complexity index is 252. The van der Waals surface area contributed by atoms with E-state index in [4.69, 9.17) is 10.5 Å². The van der Waals surface area contributed by atoms with Gasteiger partial charge in [-0.1, -0.05) is 0 Å². The Hall–Kier alpha value is -0.120. The molecule has 2 atom stereocenters. The fourth-order valence-electron chi connectivity index (χ4n) is 3.61. The number of ether oxygens (including phenoxy) is 1. The van der Waals surface area contributed by atoms with Crippen LogP contribution in [0, 0.1) is 0 Å². The highest BCUT2D eigenvalue weighted by Gasteiger charge is 2.44. The minimum Gasteiger partial charge on any atom is -0.375 e. The number of nitrogens with two attached hydrogens (primary N) is 1. The molecule has 3 aliphatic rings. The van der Waals surface area contributed by atoms with Crippen LogP contribution in [0.5, 0.6) is 0 Å². The van der Waals surface area contributed by atoms with Crippen molar-refractivity contribution in [1.29, 1.82) is 0 Å². The second kappa shape index (κ2) is 4.28. The maximum atomic E-state index is 6.07. The molecule has 1 saturated carbocycles. The molecule has 1 unspecified atom stereocenters. The molecule has 2 heterocycles. The smallest absolute Gasteiger partial charge is 0.0697 e. The maximum absolute atomic E-state index is 6.07. The monoisotopic (exact) mass is 224 g/mol. The van der Waals surface area contributed by atoms with E-state index in [0.29, 0.717) is 6.04 Å². The van der Waals surface area contributed by atoms with Crippen molar-refractivity contribution in [2.24, 2.45) is 5.73 Å². The van der Waals surface area contributed by atoms with Gasteiger partial charge in [-0.05, 0) is 51.5 Å². The lowest BCUT2D eigenvalue weighted by Crippen LogP contribution is -2.55. The Morgan fingerprint density at radius 1 is 1.19 bits per heavy atom. The van der Waals surface area contributed by atoms with Crippen molar-refractivity contribution in [2.45, 2.75) is 62.6 Å². The third-order valence-electron chi connectivity index (χ3n) is 4.74. The molecule has 16 heavy (non-hydrogen) atoms. The molecule has 2 aliphatic heterocycles. The lowest BCUT2D eigenvalue weighted by atomic mass is 9.73. The van der Waals surface area contributed by atoms with Gasteiger partial charge in [0.2, 0.25) is 0 Å². The van der Waals surface area contributed by atoms with Gasteiger partial charge in [-0.3, -0.25) is 4.90 Å². The van der Waals surface area contributed by atoms with Gasteiger partial charge in [-0.2, -0.15) is 0 Å². The first kappa shape index (κ1) is 11.0. The van der Waals surface area contributed by atoms with Crippen LogP contribution in [0.3, 0.4) is 0 Å². The average Bonchev–Trinajstić information content (AvgIpc) is 2.27. The normalized spacial score (nSPS) is 39.6. The summed E-state index contributed by atoms with van der Waals surface area (Å²) in [6, 6.07) is 1.16. The fourth-order valence-corrected chi connectivity index (χ4v) is 3.61. The fraction of sp³-hybridized carbons (Fsp3) is 1.00. The van der Waals surface area contributed by atoms with Gasteiger partial charge in [0, 0.05) is 25.2 Å². The van der Waals surface area contributed by atoms with E-state index in [1.54, 1.807) is 0 Å². The van der Waals surface area contributed by atoms with Crippen LogP contribution in [-0.2, 0) is 4.74 Å². The molecular weight excluding hydrogens is 200 g/mol. The standard InChI is InChI=1S/C13H24N2O/c14-11-3-1-7-15(10-11)12-4-8-16-13(9-12)5-2-6-13/h11-12H,1-10,14H2/t11-,12?/m1/s1. The van der Waals surface area contributed by atoms with Crippen molar-refractivity contribution in [1.82, 2.24) is 4.90 Å². The number of hydrogen-bond acceptors (Lipinski definition) is 3. The molecule has 1 spiro atoms. The molecule has 0 bridgehead atoms. The van der Waals surface area contributed by atoms with Gasteiger partial charge in [0.15, 0.2) is 0 Å². The number of rotatable bonds is 1. The Labute approximate surface area is 98.3 Å². The molecule has 2 N–H and O–H groups in total. The third kappa shape index (κ3) is 2.01. The predicted octanol–water partition coefficient (Wildman–Crippen LogP) is 1.51. The molecule has 3 rings (SSSR count). The molecule has 0 radical (unpaired) electrons. The summed E-state index contributed by atoms with van der Waals surface area (Å²) in [6.45, 7) is 3.34. The van der Waals surface area contributed by atoms with Crippen LogP contribution < -0.4 is 5.73 Å². The van der Waals surface area contributed by atoms with Crippen LogP contribution in [0.15, 0.2) is 0 Å². The highest BCUT2D eigenvalue weighted by atomic mass is 16.5. The van der Waals surface area contributed by atoms with Crippen molar-refractivity contribution in [2.75, 3.05) is 19.7 Å². The zero-order valence-corrected chi connectivity index (χ0v) is 10.2. The molecule has 3 fully saturated rings. The first-order valence-corrected chi connectivity index (χ1v) is 6.91. The molecule has 0 aromatic carbocycles. The predicted molar refractivity (Wildman–Crippen MR) is 64.3 cm³/mol. The van der Waals surface area contributed by atoms with Crippen molar-refractivity contribution < 1.29 is 4.74 Å². The molecule has 0 amide bonds. The summed E-state index contributed by atoms with van der Waals surface area (Å²) < 4.78 is 5.99. The number of likely N-dealkylation sites (tertiary alicyclic amines) is 1. The molecular formula is C13H24N2O. The quantitative estimate of drug-likeness (QED) is 0.734. The molecule has 0 aromatic rings. The molecule has 2 saturated heterocycles. The summed E-state index contributed by atoms with van der Waals surface area (Å²) in [5.41, 5.74) is 6.36. The number of hydrogen-bond donors (Lipinski definition) is 1. The SMILES string of the molecule is N[C@@H]1CCCN(C2CCOC3(CCC3)C2)C1. The Morgan fingerprint density at radius 3 is 2.75 bits per heavy atom. The highest BCUT2D eigenvalue weighted by Crippen LogP contribution is 2.43. The second-order valence-corrected chi connectivity index (χ2v) is 5.93. The van der Waals surface area contributed by atoms with Gasteiger partial charge in [-0.25, -0.2) is 0 Å². The topological polar surface area (TPSA) is 38.5 Å². The lowest BCUT2D eigenvalue weighted by molar-refractivity contribution is -0.150. The second-order valence-electron chi connectivity index (χ2n) is 5.93. The summed E-state index contributed by atoms with van der Waals surface area (Å²) in [4.78, 5) is 2.64. The summed E-state index contributed by atoms with van der Waals surface area (Å²) in [5.74, 6) is 0. The van der Waals surface area contributed by atoms with E-state index >= 15 is 0 Å². The van der Waals surface area contributed by atoms with E-state index in [9.17, 15) is 0 Å². The summed E-state index contributed by atoms with van der Waals surface area (Å²) in [5, 5.41) is 0. The lowest BCUT2D eigenvalue weighted by Gasteiger charge is -2.50. The highest BCUT2D eigenvalue weighted by molar-refractivity contribution is 4.97. The molecule has 1 aliphatic carbocycles. The van der Waals surface area contributed by atoms with E-state index in [2.05, 4.69) is 4.90 Å². The Balaban J connectivity index is 1.61. The van der Waals surface area contributed by atoms with Gasteiger partial charge in [0.05, 0.1) is 5.60 Å². The van der Waals surface area contributed by atoms with Gasteiger partial charge < -0.3 is 10.5 Å². The van der Waals surface area contributed by atoms with Gasteiger partial charge in [0.25, 0.3) is 0 Å². The third-order valence-corrected chi connectivity index (χ3v) is 4.74. The first-order valence-electron chi connectivity index (χ1n) is 6.91. The van der Waals surface area contributed by atoms with E-state index in [-0.39, 0.29) is 5.60 Å². The van der Waals surface area contributed by atoms with Crippen LogP contribution >= 0.6 is 0 Å². The Kier molecular flexibility index (Phi) is 2.94. The largest absolute Gasteiger partial charge is 0.375 e. The van der Waals surface area contributed by atoms with Crippen molar-refractivity contribution >= 4 is 0 Å². The summed E-state index contributed by atoms with van der Waals surface area (Å²) in [6.07, 6.45) is 8.93. The minimum absolute atomic E-state index is 0.282. The van der Waals surface area contributed by atoms with Crippen LogP contribution in [0.1, 0.15) is 44.9 Å². The molecule has 3 nitrogen and oxygen atoms in total. The molecule has 92 valence electrons. The number of piperidine rings is 1. The zero-order valence-electron chi connectivity index (χ0n) is 10.2. The number of nitrogens with zero attached hydrogens (tertiary/aromatic N) is 1. The van der Waals surface area contributed by atoms with Gasteiger partial charge in [0.1, 0.15) is 0 Å². The minimum atomic E-state index is 0.282. The summed E-state index contributed by atoms with van der Waals surface area (Å²) in [7, 11) is 0. The molecule has 3 heteroatoms. The van der Waals surface area contributed by atoms with Crippen LogP contribution in [-0.4, -0.2) is 42.3 Å². The average molecular weight is 224 g/mol. The van der Waals surface area contributed by atoms with Crippen molar-refractivity contribution in [3.8, 4) is 0 Å². The zero-order chi connectivity index (χ0) is 11.0. The molecule has 0 aromatic heterocycles. The Morgan fingerprint density at radius 2 is 2.06 bits per heavy atom. The van der Waals surface area contributed by atoms with E-state index in [1.807, 2.05) is 0 Å². The first-order chi connectivity index (χ1) is 7.77. The summed E-state index contributed by atoms with van der Waals surface area (Å²) >= 11 is 0. The van der Waals surface area contributed by atoms with Crippen molar-refractivity contribution in [3.05, 3.63) is 0 Å². The van der Waals surface area contributed by atoms with E-state index < -0.39 is 0 Å². The van der Waals surface area contributed by atoms with Gasteiger partial charge in [-0.15, -0.1) is 0 Å². The maximum Gasteiger partial charge on any atom is 0.0697 e. The van der Waals surface area contributed by atoms with E-state index in [0.717, 1.165) is 19.2 Å². The van der Waals surface area contributed by atoms with E-state index in [1.165, 1.54) is 51.5 Å². The van der Waals surface area contributed by atoms with Crippen LogP contribution in [0.4, 0.5) is 0 Å². The van der Waals surface area contributed by atoms with Crippen LogP contribution in [0.25, 0.3) is 0 Å². The van der Waals surface area contributed by atoms with Crippen molar-refractivity contribution in [3.63, 3.8) is 0 Å². The van der Waals surface area contributed by atoms with Gasteiger partial charge >= 0.3 is 0 Å². The van der Waals surface area contributed by atoms with Crippen LogP contribution in [0.2, 0.25) is 0 Å².